The molecule has 118 valence electrons. The molecule has 2 fully saturated rings. The van der Waals surface area contributed by atoms with Gasteiger partial charge in [-0.15, -0.1) is 0 Å². The molecule has 1 amide bonds. The molecule has 0 radical (unpaired) electrons. The number of fused-ring (bicyclic) bond motifs is 3. The van der Waals surface area contributed by atoms with Crippen LogP contribution < -0.4 is 0 Å². The van der Waals surface area contributed by atoms with Crippen molar-refractivity contribution in [2.24, 2.45) is 11.3 Å². The van der Waals surface area contributed by atoms with E-state index in [1.54, 1.807) is 4.90 Å². The van der Waals surface area contributed by atoms with Crippen molar-refractivity contribution < 1.29 is 14.4 Å². The minimum atomic E-state index is -1.16. The molecule has 1 aromatic carbocycles. The van der Waals surface area contributed by atoms with Crippen LogP contribution in [-0.4, -0.2) is 28.9 Å². The molecule has 0 N–H and O–H groups in total. The Morgan fingerprint density at radius 1 is 1.22 bits per heavy atom. The molecule has 0 spiro atoms. The van der Waals surface area contributed by atoms with Crippen molar-refractivity contribution in [2.45, 2.75) is 32.2 Å². The van der Waals surface area contributed by atoms with E-state index in [0.717, 1.165) is 12.0 Å². The van der Waals surface area contributed by atoms with Gasteiger partial charge in [-0.2, -0.15) is 0 Å². The fourth-order valence-electron chi connectivity index (χ4n) is 4.39. The lowest BCUT2D eigenvalue weighted by Crippen LogP contribution is -2.50. The van der Waals surface area contributed by atoms with Crippen molar-refractivity contribution in [1.82, 2.24) is 4.90 Å². The van der Waals surface area contributed by atoms with E-state index in [1.165, 1.54) is 5.56 Å². The average Bonchev–Trinajstić information content (AvgIpc) is 2.75. The Balaban J connectivity index is 1.66. The standard InChI is InChI=1S/C19H19NO3/c1-12-15-8-16(21)10-19(9-15,17(12)22)18(23)20-7-6-13-4-2-3-5-14(13)11-20/h2-5,15H,1,6-11H2. The number of hydrogen-bond acceptors (Lipinski definition) is 3. The van der Waals surface area contributed by atoms with Gasteiger partial charge in [0.15, 0.2) is 5.78 Å². The molecule has 3 aliphatic rings. The molecule has 0 saturated heterocycles. The van der Waals surface area contributed by atoms with Crippen LogP contribution in [0.2, 0.25) is 0 Å². The van der Waals surface area contributed by atoms with Crippen molar-refractivity contribution in [1.29, 1.82) is 0 Å². The van der Waals surface area contributed by atoms with Gasteiger partial charge in [-0.3, -0.25) is 14.4 Å². The second kappa shape index (κ2) is 4.88. The smallest absolute Gasteiger partial charge is 0.237 e. The monoisotopic (exact) mass is 309 g/mol. The Hall–Kier alpha value is -2.23. The topological polar surface area (TPSA) is 54.5 Å². The van der Waals surface area contributed by atoms with Gasteiger partial charge in [0.05, 0.1) is 0 Å². The molecule has 2 saturated carbocycles. The molecule has 1 aliphatic heterocycles. The minimum absolute atomic E-state index is 0.0130. The average molecular weight is 309 g/mol. The van der Waals surface area contributed by atoms with Crippen LogP contribution in [0, 0.1) is 11.3 Å². The lowest BCUT2D eigenvalue weighted by Gasteiger charge is -2.37. The Labute approximate surface area is 135 Å². The normalized spacial score (nSPS) is 29.7. The third kappa shape index (κ3) is 2.01. The molecule has 1 heterocycles. The van der Waals surface area contributed by atoms with E-state index in [2.05, 4.69) is 12.6 Å². The highest BCUT2D eigenvalue weighted by Crippen LogP contribution is 2.51. The van der Waals surface area contributed by atoms with Crippen LogP contribution in [-0.2, 0) is 27.3 Å². The number of nitrogens with zero attached hydrogens (tertiary/aromatic N) is 1. The predicted octanol–water partition coefficient (Wildman–Crippen LogP) is 2.07. The molecule has 1 aromatic rings. The Kier molecular flexibility index (Phi) is 3.05. The van der Waals surface area contributed by atoms with Gasteiger partial charge in [0.2, 0.25) is 5.91 Å². The summed E-state index contributed by atoms with van der Waals surface area (Å²) in [6, 6.07) is 8.08. The Morgan fingerprint density at radius 2 is 1.96 bits per heavy atom. The molecular formula is C19H19NO3. The van der Waals surface area contributed by atoms with Crippen LogP contribution in [0.5, 0.6) is 0 Å². The summed E-state index contributed by atoms with van der Waals surface area (Å²) in [4.78, 5) is 39.6. The van der Waals surface area contributed by atoms with Crippen molar-refractivity contribution in [3.05, 3.63) is 47.5 Å². The van der Waals surface area contributed by atoms with Crippen LogP contribution in [0.4, 0.5) is 0 Å². The van der Waals surface area contributed by atoms with Crippen molar-refractivity contribution in [2.75, 3.05) is 6.54 Å². The first-order valence-electron chi connectivity index (χ1n) is 8.13. The zero-order chi connectivity index (χ0) is 16.2. The van der Waals surface area contributed by atoms with Gasteiger partial charge in [0.1, 0.15) is 11.2 Å². The van der Waals surface area contributed by atoms with Crippen LogP contribution in [0.3, 0.4) is 0 Å². The Bertz CT molecular complexity index is 751. The van der Waals surface area contributed by atoms with Gasteiger partial charge in [0.25, 0.3) is 0 Å². The molecule has 4 nitrogen and oxygen atoms in total. The fourth-order valence-corrected chi connectivity index (χ4v) is 4.39. The molecular weight excluding hydrogens is 290 g/mol. The second-order valence-electron chi connectivity index (χ2n) is 7.00. The summed E-state index contributed by atoms with van der Waals surface area (Å²) in [6.07, 6.45) is 1.68. The van der Waals surface area contributed by atoms with Crippen molar-refractivity contribution in [3.63, 3.8) is 0 Å². The maximum Gasteiger partial charge on any atom is 0.237 e. The first kappa shape index (κ1) is 14.4. The lowest BCUT2D eigenvalue weighted by molar-refractivity contribution is -0.152. The van der Waals surface area contributed by atoms with Crippen LogP contribution in [0.15, 0.2) is 36.4 Å². The second-order valence-corrected chi connectivity index (χ2v) is 7.00. The van der Waals surface area contributed by atoms with Gasteiger partial charge < -0.3 is 4.90 Å². The highest BCUT2D eigenvalue weighted by molar-refractivity contribution is 6.19. The van der Waals surface area contributed by atoms with Gasteiger partial charge in [-0.1, -0.05) is 30.8 Å². The molecule has 2 bridgehead atoms. The van der Waals surface area contributed by atoms with E-state index in [0.29, 0.717) is 31.5 Å². The largest absolute Gasteiger partial charge is 0.337 e. The highest BCUT2D eigenvalue weighted by Gasteiger charge is 2.59. The number of ketones is 2. The lowest BCUT2D eigenvalue weighted by atomic mass is 9.73. The summed E-state index contributed by atoms with van der Waals surface area (Å²) >= 11 is 0. The predicted molar refractivity (Wildman–Crippen MR) is 84.5 cm³/mol. The summed E-state index contributed by atoms with van der Waals surface area (Å²) < 4.78 is 0. The molecule has 2 atom stereocenters. The number of Topliss-reactive ketones (excluding diaryl/α,β-unsaturated/α-hetero) is 2. The first-order valence-corrected chi connectivity index (χ1v) is 8.13. The SMILES string of the molecule is C=C1C(=O)C2(C(=O)N3CCc4ccccc4C3)CC(=O)CC1C2. The van der Waals surface area contributed by atoms with Crippen LogP contribution in [0.1, 0.15) is 30.4 Å². The van der Waals surface area contributed by atoms with Crippen LogP contribution >= 0.6 is 0 Å². The van der Waals surface area contributed by atoms with E-state index in [1.807, 2.05) is 18.2 Å². The maximum absolute atomic E-state index is 13.2. The zero-order valence-electron chi connectivity index (χ0n) is 13.0. The number of hydrogen-bond donors (Lipinski definition) is 0. The number of amides is 1. The number of carbonyl (C=O) groups excluding carboxylic acids is 3. The highest BCUT2D eigenvalue weighted by atomic mass is 16.2. The first-order chi connectivity index (χ1) is 11.0. The molecule has 0 aromatic heterocycles. The van der Waals surface area contributed by atoms with E-state index < -0.39 is 5.41 Å². The zero-order valence-corrected chi connectivity index (χ0v) is 13.0. The summed E-state index contributed by atoms with van der Waals surface area (Å²) in [6.45, 7) is 4.98. The Morgan fingerprint density at radius 3 is 2.74 bits per heavy atom. The number of benzene rings is 1. The minimum Gasteiger partial charge on any atom is -0.337 e. The fraction of sp³-hybridized carbons (Fsp3) is 0.421. The summed E-state index contributed by atoms with van der Waals surface area (Å²) in [5.74, 6) is -0.491. The van der Waals surface area contributed by atoms with Crippen LogP contribution in [0.25, 0.3) is 0 Å². The molecule has 23 heavy (non-hydrogen) atoms. The molecule has 4 heteroatoms. The summed E-state index contributed by atoms with van der Waals surface area (Å²) in [5, 5.41) is 0. The number of allylic oxidation sites excluding steroid dienone is 1. The third-order valence-electron chi connectivity index (χ3n) is 5.61. The summed E-state index contributed by atoms with van der Waals surface area (Å²) in [5.41, 5.74) is 1.70. The quantitative estimate of drug-likeness (QED) is 0.589. The van der Waals surface area contributed by atoms with E-state index in [9.17, 15) is 14.4 Å². The molecule has 2 unspecified atom stereocenters. The van der Waals surface area contributed by atoms with E-state index >= 15 is 0 Å². The number of rotatable bonds is 1. The van der Waals surface area contributed by atoms with Gasteiger partial charge in [-0.25, -0.2) is 0 Å². The maximum atomic E-state index is 13.2. The van der Waals surface area contributed by atoms with Gasteiger partial charge in [0, 0.05) is 25.9 Å². The van der Waals surface area contributed by atoms with Crippen molar-refractivity contribution >= 4 is 17.5 Å². The molecule has 2 aliphatic carbocycles. The van der Waals surface area contributed by atoms with E-state index in [4.69, 9.17) is 0 Å². The van der Waals surface area contributed by atoms with E-state index in [-0.39, 0.29) is 29.8 Å². The number of carbonyl (C=O) groups is 3. The molecule has 4 rings (SSSR count). The van der Waals surface area contributed by atoms with Gasteiger partial charge >= 0.3 is 0 Å². The van der Waals surface area contributed by atoms with Gasteiger partial charge in [-0.05, 0) is 35.5 Å². The summed E-state index contributed by atoms with van der Waals surface area (Å²) in [7, 11) is 0. The van der Waals surface area contributed by atoms with Crippen molar-refractivity contribution in [3.8, 4) is 0 Å². The third-order valence-corrected chi connectivity index (χ3v) is 5.61.